The molecule has 0 unspecified atom stereocenters. The van der Waals surface area contributed by atoms with Gasteiger partial charge in [-0.3, -0.25) is 4.79 Å². The molecule has 0 bridgehead atoms. The van der Waals surface area contributed by atoms with Crippen molar-refractivity contribution in [1.82, 2.24) is 5.32 Å². The van der Waals surface area contributed by atoms with Crippen LogP contribution in [0.4, 0.5) is 15.8 Å². The van der Waals surface area contributed by atoms with E-state index in [-0.39, 0.29) is 23.7 Å². The highest BCUT2D eigenvalue weighted by Gasteiger charge is 2.41. The van der Waals surface area contributed by atoms with Crippen molar-refractivity contribution < 1.29 is 13.9 Å². The van der Waals surface area contributed by atoms with Gasteiger partial charge < -0.3 is 19.9 Å². The molecular weight excluding hydrogens is 453 g/mol. The summed E-state index contributed by atoms with van der Waals surface area (Å²) in [4.78, 5) is 18.1. The minimum Gasteiger partial charge on any atom is -0.495 e. The maximum absolute atomic E-state index is 13.6. The third kappa shape index (κ3) is 4.42. The van der Waals surface area contributed by atoms with E-state index in [0.29, 0.717) is 24.5 Å². The van der Waals surface area contributed by atoms with Crippen LogP contribution < -0.4 is 19.9 Å². The average molecular weight is 480 g/mol. The molecule has 7 heteroatoms. The maximum Gasteiger partial charge on any atom is 0.225 e. The summed E-state index contributed by atoms with van der Waals surface area (Å²) in [5.41, 5.74) is 4.06. The van der Waals surface area contributed by atoms with E-state index in [2.05, 4.69) is 27.2 Å². The fourth-order valence-corrected chi connectivity index (χ4v) is 5.32. The molecule has 0 saturated carbocycles. The van der Waals surface area contributed by atoms with Crippen LogP contribution >= 0.6 is 11.6 Å². The van der Waals surface area contributed by atoms with E-state index in [4.69, 9.17) is 16.3 Å². The van der Waals surface area contributed by atoms with E-state index in [1.165, 1.54) is 23.4 Å². The Bertz CT molecular complexity index is 1200. The average Bonchev–Trinajstić information content (AvgIpc) is 2.86. The maximum atomic E-state index is 13.6. The molecule has 1 saturated heterocycles. The monoisotopic (exact) mass is 479 g/mol. The molecule has 2 heterocycles. The van der Waals surface area contributed by atoms with Crippen molar-refractivity contribution in [1.29, 1.82) is 0 Å². The largest absolute Gasteiger partial charge is 0.495 e. The normalized spacial score (nSPS) is 19.3. The second kappa shape index (κ2) is 9.55. The van der Waals surface area contributed by atoms with Gasteiger partial charge in [0, 0.05) is 36.9 Å². The van der Waals surface area contributed by atoms with E-state index in [0.717, 1.165) is 30.1 Å². The Morgan fingerprint density at radius 3 is 2.76 bits per heavy atom. The van der Waals surface area contributed by atoms with Crippen molar-refractivity contribution in [3.05, 3.63) is 88.7 Å². The lowest BCUT2D eigenvalue weighted by molar-refractivity contribution is -0.126. The van der Waals surface area contributed by atoms with Crippen LogP contribution in [0, 0.1) is 11.7 Å². The van der Waals surface area contributed by atoms with Crippen molar-refractivity contribution in [3.8, 4) is 5.75 Å². The van der Waals surface area contributed by atoms with Gasteiger partial charge in [0.15, 0.2) is 0 Å². The Hall–Kier alpha value is -3.25. The van der Waals surface area contributed by atoms with Gasteiger partial charge in [-0.1, -0.05) is 41.9 Å². The lowest BCUT2D eigenvalue weighted by atomic mass is 9.83. The number of amides is 1. The number of carbonyl (C=O) groups excluding carboxylic acids is 1. The molecule has 5 nitrogen and oxygen atoms in total. The molecule has 0 spiro atoms. The van der Waals surface area contributed by atoms with Gasteiger partial charge in [0.25, 0.3) is 0 Å². The van der Waals surface area contributed by atoms with Gasteiger partial charge in [-0.15, -0.1) is 0 Å². The zero-order valence-corrected chi connectivity index (χ0v) is 19.8. The van der Waals surface area contributed by atoms with Gasteiger partial charge in [-0.25, -0.2) is 4.39 Å². The first-order valence-corrected chi connectivity index (χ1v) is 11.9. The highest BCUT2D eigenvalue weighted by molar-refractivity contribution is 6.31. The molecule has 2 aliphatic rings. The van der Waals surface area contributed by atoms with Gasteiger partial charge in [-0.05, 0) is 53.9 Å². The van der Waals surface area contributed by atoms with Gasteiger partial charge in [0.05, 0.1) is 24.8 Å². The molecule has 1 fully saturated rings. The summed E-state index contributed by atoms with van der Waals surface area (Å²) in [6.45, 7) is 2.54. The summed E-state index contributed by atoms with van der Waals surface area (Å²) in [7, 11) is 1.66. The second-order valence-corrected chi connectivity index (χ2v) is 9.25. The van der Waals surface area contributed by atoms with Crippen LogP contribution in [-0.4, -0.2) is 38.7 Å². The summed E-state index contributed by atoms with van der Waals surface area (Å²) in [6, 6.07) is 20.3. The zero-order chi connectivity index (χ0) is 23.7. The van der Waals surface area contributed by atoms with Crippen LogP contribution in [-0.2, 0) is 17.8 Å². The number of piperazine rings is 1. The first kappa shape index (κ1) is 22.5. The lowest BCUT2D eigenvalue weighted by Gasteiger charge is -2.49. The molecule has 0 aliphatic carbocycles. The van der Waals surface area contributed by atoms with Crippen molar-refractivity contribution in [2.75, 3.05) is 36.5 Å². The predicted molar refractivity (Wildman–Crippen MR) is 133 cm³/mol. The summed E-state index contributed by atoms with van der Waals surface area (Å²) in [6.07, 6.45) is 0.660. The zero-order valence-electron chi connectivity index (χ0n) is 19.0. The summed E-state index contributed by atoms with van der Waals surface area (Å²) >= 11 is 6.30. The first-order chi connectivity index (χ1) is 16.5. The number of methoxy groups -OCH3 is 1. The van der Waals surface area contributed by atoms with E-state index < -0.39 is 0 Å². The fraction of sp³-hybridized carbons (Fsp3) is 0.296. The molecule has 34 heavy (non-hydrogen) atoms. The fourth-order valence-electron chi connectivity index (χ4n) is 5.15. The van der Waals surface area contributed by atoms with E-state index in [1.807, 2.05) is 36.4 Å². The molecule has 3 aromatic carbocycles. The third-order valence-corrected chi connectivity index (χ3v) is 7.03. The Kier molecular flexibility index (Phi) is 6.33. The SMILES string of the molecule is COc1ccc(Cl)cc1N1CCN2c3ccccc3C[C@H](C(=O)NCc3cccc(F)c3)[C@H]2C1. The summed E-state index contributed by atoms with van der Waals surface area (Å²) < 4.78 is 19.2. The van der Waals surface area contributed by atoms with Crippen LogP contribution in [0.5, 0.6) is 5.75 Å². The molecule has 1 amide bonds. The molecule has 3 aromatic rings. The van der Waals surface area contributed by atoms with Gasteiger partial charge in [-0.2, -0.15) is 0 Å². The number of anilines is 2. The van der Waals surface area contributed by atoms with Crippen LogP contribution in [0.3, 0.4) is 0 Å². The molecule has 2 aliphatic heterocycles. The molecule has 0 aromatic heterocycles. The van der Waals surface area contributed by atoms with Gasteiger partial charge >= 0.3 is 0 Å². The Labute approximate surface area is 204 Å². The number of nitrogens with one attached hydrogen (secondary N) is 1. The summed E-state index contributed by atoms with van der Waals surface area (Å²) in [5.74, 6) is 0.203. The number of halogens is 2. The van der Waals surface area contributed by atoms with Crippen LogP contribution in [0.1, 0.15) is 11.1 Å². The van der Waals surface area contributed by atoms with Crippen molar-refractivity contribution >= 4 is 28.9 Å². The number of para-hydroxylation sites is 1. The first-order valence-electron chi connectivity index (χ1n) is 11.5. The van der Waals surface area contributed by atoms with Crippen LogP contribution in [0.2, 0.25) is 5.02 Å². The van der Waals surface area contributed by atoms with E-state index >= 15 is 0 Å². The van der Waals surface area contributed by atoms with E-state index in [1.54, 1.807) is 13.2 Å². The topological polar surface area (TPSA) is 44.8 Å². The Morgan fingerprint density at radius 1 is 1.09 bits per heavy atom. The van der Waals surface area contributed by atoms with Crippen molar-refractivity contribution in [3.63, 3.8) is 0 Å². The number of nitrogens with zero attached hydrogens (tertiary/aromatic N) is 2. The molecule has 1 N–H and O–H groups in total. The predicted octanol–water partition coefficient (Wildman–Crippen LogP) is 4.67. The molecule has 2 atom stereocenters. The smallest absolute Gasteiger partial charge is 0.225 e. The highest BCUT2D eigenvalue weighted by atomic mass is 35.5. The van der Waals surface area contributed by atoms with E-state index in [9.17, 15) is 9.18 Å². The number of rotatable bonds is 5. The number of benzene rings is 3. The summed E-state index contributed by atoms with van der Waals surface area (Å²) in [5, 5.41) is 3.70. The van der Waals surface area contributed by atoms with Crippen LogP contribution in [0.15, 0.2) is 66.7 Å². The minimum atomic E-state index is -0.303. The second-order valence-electron chi connectivity index (χ2n) is 8.81. The van der Waals surface area contributed by atoms with Crippen molar-refractivity contribution in [2.24, 2.45) is 5.92 Å². The molecule has 5 rings (SSSR count). The Balaban J connectivity index is 1.42. The molecule has 176 valence electrons. The van der Waals surface area contributed by atoms with Crippen molar-refractivity contribution in [2.45, 2.75) is 19.0 Å². The standard InChI is InChI=1S/C27H27ClFN3O2/c1-34-26-10-9-20(28)15-24(26)31-11-12-32-23-8-3-2-6-19(23)14-22(25(32)17-31)27(33)30-16-18-5-4-7-21(29)13-18/h2-10,13,15,22,25H,11-12,14,16-17H2,1H3,(H,30,33)/t22-,25+/m0/s1. The third-order valence-electron chi connectivity index (χ3n) is 6.80. The van der Waals surface area contributed by atoms with Gasteiger partial charge in [0.1, 0.15) is 11.6 Å². The Morgan fingerprint density at radius 2 is 1.94 bits per heavy atom. The highest BCUT2D eigenvalue weighted by Crippen LogP contribution is 2.39. The minimum absolute atomic E-state index is 0.0140. The van der Waals surface area contributed by atoms with Gasteiger partial charge in [0.2, 0.25) is 5.91 Å². The van der Waals surface area contributed by atoms with Crippen LogP contribution in [0.25, 0.3) is 0 Å². The lowest BCUT2D eigenvalue weighted by Crippen LogP contribution is -2.61. The number of carbonyl (C=O) groups is 1. The number of ether oxygens (including phenoxy) is 1. The number of hydrogen-bond acceptors (Lipinski definition) is 4. The molecular formula is C27H27ClFN3O2. The quantitative estimate of drug-likeness (QED) is 0.577. The number of fused-ring (bicyclic) bond motifs is 3. The number of hydrogen-bond donors (Lipinski definition) is 1. The molecule has 0 radical (unpaired) electrons.